The van der Waals surface area contributed by atoms with Gasteiger partial charge in [-0.3, -0.25) is 4.99 Å². The first kappa shape index (κ1) is 14.5. The molecule has 2 rings (SSSR count). The molecule has 1 heterocycles. The topological polar surface area (TPSA) is 75.1 Å². The summed E-state index contributed by atoms with van der Waals surface area (Å²) in [7, 11) is 3.18. The average molecular weight is 279 g/mol. The molecule has 0 bridgehead atoms. The van der Waals surface area contributed by atoms with E-state index in [0.29, 0.717) is 23.6 Å². The van der Waals surface area contributed by atoms with Gasteiger partial charge in [0.15, 0.2) is 5.96 Å². The molecular weight excluding hydrogens is 258 g/mol. The standard InChI is InChI=1S/C14H21N3O3/c1-19-10-4-5-13(20-2)11(8-10)12(18)9-17-14-15-6-3-7-16-14/h4-5,8,12,18H,3,6-7,9H2,1-2H3,(H2,15,16,17). The van der Waals surface area contributed by atoms with Crippen LogP contribution in [0.4, 0.5) is 0 Å². The number of aliphatic hydroxyl groups excluding tert-OH is 1. The Bertz CT molecular complexity index is 477. The maximum absolute atomic E-state index is 10.3. The van der Waals surface area contributed by atoms with Crippen molar-refractivity contribution >= 4 is 5.96 Å². The van der Waals surface area contributed by atoms with Crippen LogP contribution in [0.25, 0.3) is 0 Å². The Morgan fingerprint density at radius 1 is 1.40 bits per heavy atom. The van der Waals surface area contributed by atoms with Crippen molar-refractivity contribution in [2.45, 2.75) is 12.5 Å². The SMILES string of the molecule is COc1ccc(OC)c(C(O)CNC2=NCCCN2)c1. The molecule has 110 valence electrons. The monoisotopic (exact) mass is 279 g/mol. The summed E-state index contributed by atoms with van der Waals surface area (Å²) in [5, 5.41) is 16.6. The van der Waals surface area contributed by atoms with Gasteiger partial charge in [0.25, 0.3) is 0 Å². The Balaban J connectivity index is 2.03. The van der Waals surface area contributed by atoms with E-state index in [9.17, 15) is 5.11 Å². The predicted octanol–water partition coefficient (Wildman–Crippen LogP) is 0.676. The third-order valence-electron chi connectivity index (χ3n) is 3.16. The van der Waals surface area contributed by atoms with E-state index in [4.69, 9.17) is 9.47 Å². The summed E-state index contributed by atoms with van der Waals surface area (Å²) in [6.45, 7) is 2.08. The van der Waals surface area contributed by atoms with Crippen molar-refractivity contribution < 1.29 is 14.6 Å². The van der Waals surface area contributed by atoms with Crippen LogP contribution in [0.1, 0.15) is 18.1 Å². The van der Waals surface area contributed by atoms with E-state index in [-0.39, 0.29) is 0 Å². The van der Waals surface area contributed by atoms with E-state index >= 15 is 0 Å². The number of aliphatic hydroxyl groups is 1. The largest absolute Gasteiger partial charge is 0.497 e. The van der Waals surface area contributed by atoms with Gasteiger partial charge in [0, 0.05) is 25.2 Å². The maximum Gasteiger partial charge on any atom is 0.191 e. The molecule has 0 fully saturated rings. The minimum Gasteiger partial charge on any atom is -0.497 e. The van der Waals surface area contributed by atoms with E-state index in [1.807, 2.05) is 0 Å². The summed E-state index contributed by atoms with van der Waals surface area (Å²) in [6, 6.07) is 5.37. The third kappa shape index (κ3) is 3.54. The fourth-order valence-electron chi connectivity index (χ4n) is 2.05. The van der Waals surface area contributed by atoms with E-state index < -0.39 is 6.10 Å². The zero-order chi connectivity index (χ0) is 14.4. The molecule has 0 aliphatic carbocycles. The van der Waals surface area contributed by atoms with Crippen molar-refractivity contribution in [2.75, 3.05) is 33.9 Å². The molecule has 0 aromatic heterocycles. The zero-order valence-corrected chi connectivity index (χ0v) is 11.8. The molecule has 0 saturated heterocycles. The smallest absolute Gasteiger partial charge is 0.191 e. The molecule has 1 atom stereocenters. The number of benzene rings is 1. The summed E-state index contributed by atoms with van der Waals surface area (Å²) < 4.78 is 10.4. The average Bonchev–Trinajstić information content (AvgIpc) is 2.52. The Morgan fingerprint density at radius 2 is 2.25 bits per heavy atom. The van der Waals surface area contributed by atoms with Gasteiger partial charge in [0.2, 0.25) is 0 Å². The molecule has 6 heteroatoms. The Hall–Kier alpha value is -1.95. The van der Waals surface area contributed by atoms with E-state index in [1.54, 1.807) is 32.4 Å². The van der Waals surface area contributed by atoms with Gasteiger partial charge in [0.05, 0.1) is 20.3 Å². The first-order valence-electron chi connectivity index (χ1n) is 6.66. The summed E-state index contributed by atoms with van der Waals surface area (Å²) >= 11 is 0. The molecule has 0 radical (unpaired) electrons. The molecule has 0 saturated carbocycles. The lowest BCUT2D eigenvalue weighted by Gasteiger charge is -2.20. The molecular formula is C14H21N3O3. The highest BCUT2D eigenvalue weighted by Gasteiger charge is 2.15. The molecule has 20 heavy (non-hydrogen) atoms. The second-order valence-electron chi connectivity index (χ2n) is 4.52. The lowest BCUT2D eigenvalue weighted by Crippen LogP contribution is -2.42. The highest BCUT2D eigenvalue weighted by molar-refractivity contribution is 5.80. The quantitative estimate of drug-likeness (QED) is 0.739. The molecule has 6 nitrogen and oxygen atoms in total. The number of guanidine groups is 1. The molecule has 3 N–H and O–H groups in total. The molecule has 1 aliphatic heterocycles. The van der Waals surface area contributed by atoms with Crippen LogP contribution < -0.4 is 20.1 Å². The Kier molecular flexibility index (Phi) is 5.06. The second-order valence-corrected chi connectivity index (χ2v) is 4.52. The van der Waals surface area contributed by atoms with Gasteiger partial charge in [-0.1, -0.05) is 0 Å². The van der Waals surface area contributed by atoms with Crippen LogP contribution in [0, 0.1) is 0 Å². The number of methoxy groups -OCH3 is 2. The summed E-state index contributed by atoms with van der Waals surface area (Å²) in [5.74, 6) is 2.06. The number of rotatable bonds is 5. The second kappa shape index (κ2) is 7.00. The molecule has 1 aromatic rings. The number of ether oxygens (including phenoxy) is 2. The predicted molar refractivity (Wildman–Crippen MR) is 77.4 cm³/mol. The number of hydrogen-bond donors (Lipinski definition) is 3. The normalized spacial score (nSPS) is 15.8. The van der Waals surface area contributed by atoms with Crippen molar-refractivity contribution in [1.82, 2.24) is 10.6 Å². The van der Waals surface area contributed by atoms with Gasteiger partial charge < -0.3 is 25.2 Å². The maximum atomic E-state index is 10.3. The van der Waals surface area contributed by atoms with E-state index in [1.165, 1.54) is 0 Å². The molecule has 1 aromatic carbocycles. The fourth-order valence-corrected chi connectivity index (χ4v) is 2.05. The van der Waals surface area contributed by atoms with Crippen LogP contribution in [0.2, 0.25) is 0 Å². The van der Waals surface area contributed by atoms with Crippen LogP contribution in [-0.2, 0) is 0 Å². The minimum atomic E-state index is -0.702. The van der Waals surface area contributed by atoms with Gasteiger partial charge >= 0.3 is 0 Å². The van der Waals surface area contributed by atoms with Gasteiger partial charge in [0.1, 0.15) is 11.5 Å². The number of nitrogens with one attached hydrogen (secondary N) is 2. The summed E-state index contributed by atoms with van der Waals surface area (Å²) in [5.41, 5.74) is 0.691. The molecule has 1 aliphatic rings. The fraction of sp³-hybridized carbons (Fsp3) is 0.500. The molecule has 1 unspecified atom stereocenters. The lowest BCUT2D eigenvalue weighted by atomic mass is 10.1. The highest BCUT2D eigenvalue weighted by atomic mass is 16.5. The van der Waals surface area contributed by atoms with Crippen LogP contribution >= 0.6 is 0 Å². The third-order valence-corrected chi connectivity index (χ3v) is 3.16. The summed E-state index contributed by atoms with van der Waals surface area (Å²) in [4.78, 5) is 4.30. The summed E-state index contributed by atoms with van der Waals surface area (Å²) in [6.07, 6.45) is 0.337. The van der Waals surface area contributed by atoms with Crippen LogP contribution in [0.15, 0.2) is 23.2 Å². The Labute approximate surface area is 118 Å². The van der Waals surface area contributed by atoms with Gasteiger partial charge in [-0.25, -0.2) is 0 Å². The minimum absolute atomic E-state index is 0.357. The van der Waals surface area contributed by atoms with Gasteiger partial charge in [-0.15, -0.1) is 0 Å². The van der Waals surface area contributed by atoms with Crippen LogP contribution in [-0.4, -0.2) is 44.9 Å². The lowest BCUT2D eigenvalue weighted by molar-refractivity contribution is 0.176. The van der Waals surface area contributed by atoms with Crippen molar-refractivity contribution in [3.8, 4) is 11.5 Å². The van der Waals surface area contributed by atoms with E-state index in [2.05, 4.69) is 15.6 Å². The number of aliphatic imine (C=N–C) groups is 1. The van der Waals surface area contributed by atoms with Gasteiger partial charge in [-0.2, -0.15) is 0 Å². The van der Waals surface area contributed by atoms with Crippen LogP contribution in [0.5, 0.6) is 11.5 Å². The highest BCUT2D eigenvalue weighted by Crippen LogP contribution is 2.28. The molecule has 0 spiro atoms. The van der Waals surface area contributed by atoms with Gasteiger partial charge in [-0.05, 0) is 24.6 Å². The number of nitrogens with zero attached hydrogens (tertiary/aromatic N) is 1. The van der Waals surface area contributed by atoms with Crippen molar-refractivity contribution in [2.24, 2.45) is 4.99 Å². The molecule has 0 amide bonds. The first-order valence-corrected chi connectivity index (χ1v) is 6.66. The van der Waals surface area contributed by atoms with E-state index in [0.717, 1.165) is 25.5 Å². The Morgan fingerprint density at radius 3 is 2.90 bits per heavy atom. The van der Waals surface area contributed by atoms with Crippen LogP contribution in [0.3, 0.4) is 0 Å². The number of hydrogen-bond acceptors (Lipinski definition) is 6. The van der Waals surface area contributed by atoms with Crippen molar-refractivity contribution in [1.29, 1.82) is 0 Å². The van der Waals surface area contributed by atoms with Crippen molar-refractivity contribution in [3.05, 3.63) is 23.8 Å². The van der Waals surface area contributed by atoms with Crippen molar-refractivity contribution in [3.63, 3.8) is 0 Å². The first-order chi connectivity index (χ1) is 9.74. The zero-order valence-electron chi connectivity index (χ0n) is 11.8.